The lowest BCUT2D eigenvalue weighted by molar-refractivity contribution is 0.0148. The van der Waals surface area contributed by atoms with E-state index in [9.17, 15) is 14.3 Å². The summed E-state index contributed by atoms with van der Waals surface area (Å²) in [6.07, 6.45) is 1.11. The van der Waals surface area contributed by atoms with Crippen LogP contribution >= 0.6 is 0 Å². The standard InChI is InChI=1S/C17H24FN3O3/c1-12-9-13(15(22)14(18)10-12)11-19-21-7-5-20(6-8-21)16(23)24-17(2,3)4/h9-11,22H,5-8H2,1-4H3/b19-11+. The Labute approximate surface area is 141 Å². The van der Waals surface area contributed by atoms with Crippen molar-refractivity contribution in [3.8, 4) is 5.75 Å². The third-order valence-electron chi connectivity index (χ3n) is 3.51. The van der Waals surface area contributed by atoms with Gasteiger partial charge in [0.25, 0.3) is 0 Å². The maximum absolute atomic E-state index is 13.5. The first-order valence-electron chi connectivity index (χ1n) is 7.92. The van der Waals surface area contributed by atoms with Gasteiger partial charge in [-0.25, -0.2) is 9.18 Å². The number of carbonyl (C=O) groups excluding carboxylic acids is 1. The van der Waals surface area contributed by atoms with Crippen molar-refractivity contribution in [3.05, 3.63) is 29.1 Å². The summed E-state index contributed by atoms with van der Waals surface area (Å²) in [6, 6.07) is 2.94. The van der Waals surface area contributed by atoms with Crippen LogP contribution in [-0.2, 0) is 4.74 Å². The number of piperazine rings is 1. The summed E-state index contributed by atoms with van der Waals surface area (Å²) in [6.45, 7) is 9.34. The van der Waals surface area contributed by atoms with E-state index in [0.29, 0.717) is 37.3 Å². The number of hydrazone groups is 1. The zero-order valence-electron chi connectivity index (χ0n) is 14.5. The van der Waals surface area contributed by atoms with Gasteiger partial charge in [-0.2, -0.15) is 5.10 Å². The van der Waals surface area contributed by atoms with Crippen LogP contribution in [0.3, 0.4) is 0 Å². The summed E-state index contributed by atoms with van der Waals surface area (Å²) in [5.41, 5.74) is 0.530. The Morgan fingerprint density at radius 3 is 2.50 bits per heavy atom. The molecule has 1 saturated heterocycles. The van der Waals surface area contributed by atoms with Crippen molar-refractivity contribution in [2.24, 2.45) is 5.10 Å². The van der Waals surface area contributed by atoms with Crippen LogP contribution in [0.25, 0.3) is 0 Å². The third-order valence-corrected chi connectivity index (χ3v) is 3.51. The molecule has 1 N–H and O–H groups in total. The zero-order chi connectivity index (χ0) is 17.9. The topological polar surface area (TPSA) is 65.4 Å². The molecule has 0 aliphatic carbocycles. The summed E-state index contributed by atoms with van der Waals surface area (Å²) < 4.78 is 18.8. The van der Waals surface area contributed by atoms with E-state index in [1.807, 2.05) is 20.8 Å². The van der Waals surface area contributed by atoms with E-state index in [1.165, 1.54) is 12.3 Å². The largest absolute Gasteiger partial charge is 0.504 e. The molecular formula is C17H24FN3O3. The summed E-state index contributed by atoms with van der Waals surface area (Å²) in [4.78, 5) is 13.6. The van der Waals surface area contributed by atoms with Crippen LogP contribution in [0.4, 0.5) is 9.18 Å². The quantitative estimate of drug-likeness (QED) is 0.843. The van der Waals surface area contributed by atoms with E-state index in [-0.39, 0.29) is 6.09 Å². The lowest BCUT2D eigenvalue weighted by atomic mass is 10.1. The van der Waals surface area contributed by atoms with Crippen molar-refractivity contribution in [3.63, 3.8) is 0 Å². The molecule has 1 aliphatic rings. The van der Waals surface area contributed by atoms with Gasteiger partial charge in [0.15, 0.2) is 11.6 Å². The average molecular weight is 337 g/mol. The van der Waals surface area contributed by atoms with Gasteiger partial charge in [0.2, 0.25) is 0 Å². The average Bonchev–Trinajstić information content (AvgIpc) is 2.48. The minimum atomic E-state index is -0.661. The number of hydrogen-bond donors (Lipinski definition) is 1. The lowest BCUT2D eigenvalue weighted by Gasteiger charge is -2.34. The zero-order valence-corrected chi connectivity index (χ0v) is 14.5. The molecule has 0 atom stereocenters. The Balaban J connectivity index is 1.93. The first-order chi connectivity index (χ1) is 11.2. The normalized spacial score (nSPS) is 15.9. The smallest absolute Gasteiger partial charge is 0.410 e. The van der Waals surface area contributed by atoms with Crippen molar-refractivity contribution in [2.45, 2.75) is 33.3 Å². The number of halogens is 1. The minimum absolute atomic E-state index is 0.329. The second-order valence-electron chi connectivity index (χ2n) is 6.85. The molecule has 1 aromatic carbocycles. The van der Waals surface area contributed by atoms with Crippen molar-refractivity contribution in [1.82, 2.24) is 9.91 Å². The maximum atomic E-state index is 13.5. The number of ether oxygens (including phenoxy) is 1. The first-order valence-corrected chi connectivity index (χ1v) is 7.92. The van der Waals surface area contributed by atoms with E-state index in [2.05, 4.69) is 5.10 Å². The molecule has 1 fully saturated rings. The fourth-order valence-electron chi connectivity index (χ4n) is 2.32. The highest BCUT2D eigenvalue weighted by atomic mass is 19.1. The van der Waals surface area contributed by atoms with Gasteiger partial charge in [0.05, 0.1) is 19.3 Å². The number of phenolic OH excluding ortho intramolecular Hbond substituents is 1. The molecule has 7 heteroatoms. The number of aryl methyl sites for hydroxylation is 1. The van der Waals surface area contributed by atoms with Crippen LogP contribution < -0.4 is 0 Å². The number of carbonyl (C=O) groups is 1. The molecular weight excluding hydrogens is 313 g/mol. The first kappa shape index (κ1) is 18.0. The van der Waals surface area contributed by atoms with E-state index in [0.717, 1.165) is 0 Å². The SMILES string of the molecule is Cc1cc(F)c(O)c(/C=N/N2CCN(C(=O)OC(C)(C)C)CC2)c1. The fraction of sp³-hybridized carbons (Fsp3) is 0.529. The molecule has 24 heavy (non-hydrogen) atoms. The monoisotopic (exact) mass is 337 g/mol. The third kappa shape index (κ3) is 4.84. The summed E-state index contributed by atoms with van der Waals surface area (Å²) >= 11 is 0. The summed E-state index contributed by atoms with van der Waals surface area (Å²) in [7, 11) is 0. The Morgan fingerprint density at radius 1 is 1.29 bits per heavy atom. The van der Waals surface area contributed by atoms with Crippen LogP contribution in [-0.4, -0.2) is 59.1 Å². The Kier molecular flexibility index (Phi) is 5.31. The molecule has 0 bridgehead atoms. The van der Waals surface area contributed by atoms with Crippen molar-refractivity contribution < 1.29 is 19.0 Å². The molecule has 132 valence electrons. The molecule has 0 aromatic heterocycles. The fourth-order valence-corrected chi connectivity index (χ4v) is 2.32. The van der Waals surface area contributed by atoms with Gasteiger partial charge in [-0.1, -0.05) is 0 Å². The van der Waals surface area contributed by atoms with Crippen LogP contribution in [0, 0.1) is 12.7 Å². The number of rotatable bonds is 2. The Hall–Kier alpha value is -2.31. The van der Waals surface area contributed by atoms with E-state index in [1.54, 1.807) is 22.9 Å². The van der Waals surface area contributed by atoms with Crippen molar-refractivity contribution in [2.75, 3.05) is 26.2 Å². The van der Waals surface area contributed by atoms with Crippen molar-refractivity contribution in [1.29, 1.82) is 0 Å². The van der Waals surface area contributed by atoms with Gasteiger partial charge in [-0.3, -0.25) is 5.01 Å². The Morgan fingerprint density at radius 2 is 1.92 bits per heavy atom. The van der Waals surface area contributed by atoms with Gasteiger partial charge in [0.1, 0.15) is 5.60 Å². The molecule has 0 saturated carbocycles. The van der Waals surface area contributed by atoms with Crippen LogP contribution in [0.2, 0.25) is 0 Å². The molecule has 0 radical (unpaired) electrons. The summed E-state index contributed by atoms with van der Waals surface area (Å²) in [5.74, 6) is -1.07. The summed E-state index contributed by atoms with van der Waals surface area (Å²) in [5, 5.41) is 15.8. The second kappa shape index (κ2) is 7.07. The predicted molar refractivity (Wildman–Crippen MR) is 89.8 cm³/mol. The van der Waals surface area contributed by atoms with Crippen LogP contribution in [0.15, 0.2) is 17.2 Å². The van der Waals surface area contributed by atoms with Gasteiger partial charge < -0.3 is 14.7 Å². The molecule has 1 heterocycles. The van der Waals surface area contributed by atoms with E-state index < -0.39 is 17.2 Å². The number of hydrogen-bond acceptors (Lipinski definition) is 5. The van der Waals surface area contributed by atoms with Crippen LogP contribution in [0.5, 0.6) is 5.75 Å². The highest BCUT2D eigenvalue weighted by Crippen LogP contribution is 2.21. The molecule has 0 unspecified atom stereocenters. The van der Waals surface area contributed by atoms with Crippen molar-refractivity contribution >= 4 is 12.3 Å². The second-order valence-corrected chi connectivity index (χ2v) is 6.85. The van der Waals surface area contributed by atoms with Gasteiger partial charge in [-0.05, 0) is 45.4 Å². The van der Waals surface area contributed by atoms with Gasteiger partial charge in [-0.15, -0.1) is 0 Å². The number of phenols is 1. The van der Waals surface area contributed by atoms with Crippen LogP contribution in [0.1, 0.15) is 31.9 Å². The minimum Gasteiger partial charge on any atom is -0.504 e. The highest BCUT2D eigenvalue weighted by Gasteiger charge is 2.25. The number of aromatic hydroxyl groups is 1. The molecule has 1 amide bonds. The number of amides is 1. The highest BCUT2D eigenvalue weighted by molar-refractivity contribution is 5.83. The maximum Gasteiger partial charge on any atom is 0.410 e. The molecule has 0 spiro atoms. The van der Waals surface area contributed by atoms with E-state index >= 15 is 0 Å². The Bertz CT molecular complexity index is 633. The lowest BCUT2D eigenvalue weighted by Crippen LogP contribution is -2.48. The number of nitrogens with zero attached hydrogens (tertiary/aromatic N) is 3. The molecule has 1 aliphatic heterocycles. The van der Waals surface area contributed by atoms with E-state index in [4.69, 9.17) is 4.74 Å². The van der Waals surface area contributed by atoms with Gasteiger partial charge >= 0.3 is 6.09 Å². The molecule has 1 aromatic rings. The predicted octanol–water partition coefficient (Wildman–Crippen LogP) is 2.73. The molecule has 2 rings (SSSR count). The molecule has 6 nitrogen and oxygen atoms in total. The van der Waals surface area contributed by atoms with Gasteiger partial charge in [0, 0.05) is 18.7 Å². The number of benzene rings is 1.